The van der Waals surface area contributed by atoms with Gasteiger partial charge in [0.25, 0.3) is 11.8 Å². The number of benzene rings is 1. The number of halogens is 1. The number of hydrazine groups is 1. The molecular formula is C23H20FN5O4. The molecule has 0 saturated heterocycles. The Kier molecular flexibility index (Phi) is 6.25. The number of hydrogen-bond acceptors (Lipinski definition) is 6. The highest BCUT2D eigenvalue weighted by molar-refractivity contribution is 6.07. The maximum Gasteiger partial charge on any atom is 0.305 e. The van der Waals surface area contributed by atoms with E-state index in [1.165, 1.54) is 24.4 Å². The van der Waals surface area contributed by atoms with Crippen molar-refractivity contribution in [3.63, 3.8) is 0 Å². The number of pyridine rings is 1. The molecule has 1 aliphatic rings. The summed E-state index contributed by atoms with van der Waals surface area (Å²) in [7, 11) is 0. The molecule has 0 bridgehead atoms. The molecule has 0 fully saturated rings. The highest BCUT2D eigenvalue weighted by Gasteiger charge is 2.28. The quantitative estimate of drug-likeness (QED) is 0.528. The number of rotatable bonds is 4. The summed E-state index contributed by atoms with van der Waals surface area (Å²) in [5.41, 5.74) is 8.87. The molecule has 10 heteroatoms. The number of amides is 3. The van der Waals surface area contributed by atoms with E-state index in [0.717, 1.165) is 12.5 Å². The normalized spacial score (nSPS) is 13.8. The van der Waals surface area contributed by atoms with Gasteiger partial charge in [0.2, 0.25) is 0 Å². The van der Waals surface area contributed by atoms with Crippen LogP contribution in [0.1, 0.15) is 61.0 Å². The molecule has 0 saturated carbocycles. The van der Waals surface area contributed by atoms with Crippen LogP contribution in [0.15, 0.2) is 58.3 Å². The Labute approximate surface area is 188 Å². The van der Waals surface area contributed by atoms with Gasteiger partial charge >= 0.3 is 5.91 Å². The topological polar surface area (TPSA) is 126 Å². The zero-order chi connectivity index (χ0) is 23.4. The van der Waals surface area contributed by atoms with E-state index in [9.17, 15) is 18.8 Å². The van der Waals surface area contributed by atoms with E-state index in [4.69, 9.17) is 4.42 Å². The average molecular weight is 449 g/mol. The lowest BCUT2D eigenvalue weighted by Gasteiger charge is -2.13. The SMILES string of the molecule is Cc1c(C(=O)NNC(=O)c2ccccc2F)oc2c1/C(=N/NC(=O)c1cccnc1)CCC2. The smallest absolute Gasteiger partial charge is 0.305 e. The summed E-state index contributed by atoms with van der Waals surface area (Å²) in [6.45, 7) is 1.69. The molecule has 3 aromatic rings. The van der Waals surface area contributed by atoms with Crippen LogP contribution in [0, 0.1) is 12.7 Å². The van der Waals surface area contributed by atoms with Gasteiger partial charge in [-0.3, -0.25) is 30.2 Å². The number of aromatic nitrogens is 1. The minimum absolute atomic E-state index is 0.00187. The second-order valence-corrected chi connectivity index (χ2v) is 7.34. The summed E-state index contributed by atoms with van der Waals surface area (Å²) in [6.07, 6.45) is 4.91. The molecule has 9 nitrogen and oxygen atoms in total. The highest BCUT2D eigenvalue weighted by atomic mass is 19.1. The summed E-state index contributed by atoms with van der Waals surface area (Å²) in [4.78, 5) is 41.0. The first kappa shape index (κ1) is 21.9. The molecule has 3 amide bonds. The predicted molar refractivity (Wildman–Crippen MR) is 116 cm³/mol. The minimum Gasteiger partial charge on any atom is -0.455 e. The minimum atomic E-state index is -0.796. The van der Waals surface area contributed by atoms with Crippen molar-refractivity contribution in [2.75, 3.05) is 0 Å². The molecule has 33 heavy (non-hydrogen) atoms. The third kappa shape index (κ3) is 4.64. The van der Waals surface area contributed by atoms with Crippen molar-refractivity contribution in [3.8, 4) is 0 Å². The fourth-order valence-electron chi connectivity index (χ4n) is 3.56. The Balaban J connectivity index is 1.49. The molecule has 0 spiro atoms. The van der Waals surface area contributed by atoms with Crippen molar-refractivity contribution >= 4 is 23.4 Å². The number of hydrazone groups is 1. The van der Waals surface area contributed by atoms with Crippen LogP contribution in [0.3, 0.4) is 0 Å². The number of hydrogen-bond donors (Lipinski definition) is 3. The molecule has 0 aliphatic heterocycles. The molecule has 0 unspecified atom stereocenters. The summed E-state index contributed by atoms with van der Waals surface area (Å²) in [5, 5.41) is 4.24. The van der Waals surface area contributed by atoms with Crippen LogP contribution in [-0.4, -0.2) is 28.4 Å². The molecule has 168 valence electrons. The standard InChI is InChI=1S/C23H20FN5O4/c1-13-19-17(26-27-21(30)14-6-5-11-25-12-14)9-4-10-18(19)33-20(13)23(32)29-28-22(31)15-7-2-3-8-16(15)24/h2-3,5-8,11-12H,4,9-10H2,1H3,(H,27,30)(H,28,31)(H,29,32)/b26-17+. The van der Waals surface area contributed by atoms with Crippen LogP contribution in [0.25, 0.3) is 0 Å². The Hall–Kier alpha value is -4.34. The van der Waals surface area contributed by atoms with Crippen LogP contribution in [-0.2, 0) is 6.42 Å². The van der Waals surface area contributed by atoms with E-state index in [2.05, 4.69) is 26.4 Å². The molecule has 0 radical (unpaired) electrons. The number of fused-ring (bicyclic) bond motifs is 1. The van der Waals surface area contributed by atoms with Crippen molar-refractivity contribution in [2.24, 2.45) is 5.10 Å². The fourth-order valence-corrected chi connectivity index (χ4v) is 3.56. The summed E-state index contributed by atoms with van der Waals surface area (Å²) < 4.78 is 19.5. The molecular weight excluding hydrogens is 429 g/mol. The number of nitrogens with zero attached hydrogens (tertiary/aromatic N) is 2. The largest absolute Gasteiger partial charge is 0.455 e. The Morgan fingerprint density at radius 2 is 1.82 bits per heavy atom. The van der Waals surface area contributed by atoms with Gasteiger partial charge in [-0.1, -0.05) is 12.1 Å². The second-order valence-electron chi connectivity index (χ2n) is 7.34. The van der Waals surface area contributed by atoms with Crippen molar-refractivity contribution in [1.29, 1.82) is 0 Å². The van der Waals surface area contributed by atoms with Crippen LogP contribution >= 0.6 is 0 Å². The molecule has 1 aromatic carbocycles. The Bertz CT molecular complexity index is 1250. The average Bonchev–Trinajstić information content (AvgIpc) is 3.18. The van der Waals surface area contributed by atoms with Gasteiger partial charge in [0, 0.05) is 29.9 Å². The van der Waals surface area contributed by atoms with Gasteiger partial charge in [0.15, 0.2) is 5.76 Å². The highest BCUT2D eigenvalue weighted by Crippen LogP contribution is 2.29. The van der Waals surface area contributed by atoms with Crippen LogP contribution in [0.2, 0.25) is 0 Å². The lowest BCUT2D eigenvalue weighted by Crippen LogP contribution is -2.42. The zero-order valence-corrected chi connectivity index (χ0v) is 17.6. The number of nitrogens with one attached hydrogen (secondary N) is 3. The molecule has 0 atom stereocenters. The fraction of sp³-hybridized carbons (Fsp3) is 0.174. The first-order valence-corrected chi connectivity index (χ1v) is 10.2. The molecule has 2 heterocycles. The van der Waals surface area contributed by atoms with Crippen molar-refractivity contribution in [2.45, 2.75) is 26.2 Å². The Morgan fingerprint density at radius 1 is 1.03 bits per heavy atom. The van der Waals surface area contributed by atoms with E-state index >= 15 is 0 Å². The van der Waals surface area contributed by atoms with Crippen molar-refractivity contribution in [3.05, 3.63) is 88.4 Å². The molecule has 2 aromatic heterocycles. The first-order chi connectivity index (χ1) is 16.0. The van der Waals surface area contributed by atoms with Gasteiger partial charge in [-0.05, 0) is 44.0 Å². The number of aryl methyl sites for hydroxylation is 1. The lowest BCUT2D eigenvalue weighted by atomic mass is 9.93. The summed E-state index contributed by atoms with van der Waals surface area (Å²) >= 11 is 0. The number of carbonyl (C=O) groups excluding carboxylic acids is 3. The monoisotopic (exact) mass is 449 g/mol. The summed E-state index contributed by atoms with van der Waals surface area (Å²) in [5.74, 6) is -2.03. The lowest BCUT2D eigenvalue weighted by molar-refractivity contribution is 0.0827. The first-order valence-electron chi connectivity index (χ1n) is 10.2. The van der Waals surface area contributed by atoms with Gasteiger partial charge in [-0.25, -0.2) is 9.82 Å². The van der Waals surface area contributed by atoms with E-state index in [1.807, 2.05) is 0 Å². The second kappa shape index (κ2) is 9.43. The van der Waals surface area contributed by atoms with Crippen LogP contribution < -0.4 is 16.3 Å². The van der Waals surface area contributed by atoms with Crippen LogP contribution in [0.5, 0.6) is 0 Å². The maximum absolute atomic E-state index is 13.7. The van der Waals surface area contributed by atoms with Gasteiger partial charge in [0.05, 0.1) is 16.8 Å². The van der Waals surface area contributed by atoms with E-state index in [1.54, 1.807) is 25.3 Å². The van der Waals surface area contributed by atoms with Gasteiger partial charge in [-0.2, -0.15) is 5.10 Å². The van der Waals surface area contributed by atoms with Crippen molar-refractivity contribution < 1.29 is 23.2 Å². The van der Waals surface area contributed by atoms with Gasteiger partial charge in [-0.15, -0.1) is 0 Å². The van der Waals surface area contributed by atoms with E-state index < -0.39 is 23.5 Å². The third-order valence-electron chi connectivity index (χ3n) is 5.16. The zero-order valence-electron chi connectivity index (χ0n) is 17.6. The molecule has 4 rings (SSSR count). The van der Waals surface area contributed by atoms with Crippen molar-refractivity contribution in [1.82, 2.24) is 21.3 Å². The van der Waals surface area contributed by atoms with E-state index in [0.29, 0.717) is 41.0 Å². The summed E-state index contributed by atoms with van der Waals surface area (Å²) in [6, 6.07) is 8.69. The Morgan fingerprint density at radius 3 is 2.58 bits per heavy atom. The van der Waals surface area contributed by atoms with Gasteiger partial charge in [0.1, 0.15) is 11.6 Å². The molecule has 1 aliphatic carbocycles. The number of carbonyl (C=O) groups is 3. The van der Waals surface area contributed by atoms with Gasteiger partial charge < -0.3 is 4.42 Å². The third-order valence-corrected chi connectivity index (χ3v) is 5.16. The van der Waals surface area contributed by atoms with E-state index in [-0.39, 0.29) is 11.3 Å². The molecule has 3 N–H and O–H groups in total. The maximum atomic E-state index is 13.7. The number of furan rings is 1. The predicted octanol–water partition coefficient (Wildman–Crippen LogP) is 2.67. The van der Waals surface area contributed by atoms with Crippen LogP contribution in [0.4, 0.5) is 4.39 Å².